The summed E-state index contributed by atoms with van der Waals surface area (Å²) >= 11 is 0. The maximum Gasteiger partial charge on any atom is 0.222 e. The summed E-state index contributed by atoms with van der Waals surface area (Å²) in [5, 5.41) is 11.1. The normalized spacial score (nSPS) is 23.1. The van der Waals surface area contributed by atoms with Crippen LogP contribution in [0.5, 0.6) is 0 Å². The van der Waals surface area contributed by atoms with E-state index in [0.717, 1.165) is 25.9 Å². The molecule has 27 heavy (non-hydrogen) atoms. The van der Waals surface area contributed by atoms with Gasteiger partial charge in [0.25, 0.3) is 0 Å². The Hall–Kier alpha value is -1.54. The van der Waals surface area contributed by atoms with Crippen LogP contribution in [0.3, 0.4) is 0 Å². The summed E-state index contributed by atoms with van der Waals surface area (Å²) in [4.78, 5) is 17.7. The Bertz CT molecular complexity index is 550. The van der Waals surface area contributed by atoms with Crippen LogP contribution in [0, 0.1) is 5.92 Å². The van der Waals surface area contributed by atoms with Gasteiger partial charge in [0, 0.05) is 45.8 Å². The van der Waals surface area contributed by atoms with Gasteiger partial charge in [0.05, 0.1) is 0 Å². The number of amides is 1. The Labute approximate surface area is 162 Å². The molecule has 0 spiro atoms. The topological polar surface area (TPSA) is 76.4 Å². The van der Waals surface area contributed by atoms with Gasteiger partial charge in [0.2, 0.25) is 5.91 Å². The van der Waals surface area contributed by atoms with Crippen molar-refractivity contribution in [3.63, 3.8) is 0 Å². The van der Waals surface area contributed by atoms with E-state index in [2.05, 4.69) is 25.3 Å². The molecule has 1 aromatic heterocycles. The molecule has 0 aromatic carbocycles. The van der Waals surface area contributed by atoms with Gasteiger partial charge in [-0.15, -0.1) is 5.10 Å². The molecule has 2 aliphatic heterocycles. The lowest BCUT2D eigenvalue weighted by Gasteiger charge is -2.45. The molecule has 0 radical (unpaired) electrons. The first-order valence-corrected chi connectivity index (χ1v) is 10.5. The van der Waals surface area contributed by atoms with E-state index in [9.17, 15) is 4.79 Å². The second-order valence-electron chi connectivity index (χ2n) is 7.86. The molecular weight excluding hydrogens is 344 g/mol. The van der Waals surface area contributed by atoms with Crippen molar-refractivity contribution in [3.05, 3.63) is 6.33 Å². The van der Waals surface area contributed by atoms with Crippen LogP contribution in [0.25, 0.3) is 0 Å². The molecule has 0 bridgehead atoms. The van der Waals surface area contributed by atoms with Gasteiger partial charge in [-0.05, 0) is 68.0 Å². The third kappa shape index (κ3) is 5.97. The van der Waals surface area contributed by atoms with Crippen molar-refractivity contribution in [1.82, 2.24) is 30.0 Å². The van der Waals surface area contributed by atoms with Crippen molar-refractivity contribution in [3.8, 4) is 0 Å². The number of hydrogen-bond acceptors (Lipinski definition) is 6. The smallest absolute Gasteiger partial charge is 0.222 e. The van der Waals surface area contributed by atoms with Crippen LogP contribution < -0.4 is 0 Å². The lowest BCUT2D eigenvalue weighted by atomic mass is 9.83. The van der Waals surface area contributed by atoms with E-state index in [1.54, 1.807) is 18.1 Å². The molecule has 0 aliphatic carbocycles. The van der Waals surface area contributed by atoms with E-state index in [1.807, 2.05) is 0 Å². The molecule has 8 heteroatoms. The van der Waals surface area contributed by atoms with Crippen molar-refractivity contribution < 1.29 is 9.53 Å². The van der Waals surface area contributed by atoms with Crippen LogP contribution in [0.15, 0.2) is 6.33 Å². The largest absolute Gasteiger partial charge is 0.385 e. The number of fused-ring (bicyclic) bond motifs is 1. The first-order chi connectivity index (χ1) is 13.3. The summed E-state index contributed by atoms with van der Waals surface area (Å²) in [5.74, 6) is 0.872. The van der Waals surface area contributed by atoms with E-state index in [-0.39, 0.29) is 5.91 Å². The number of aromatic nitrogens is 4. The zero-order valence-electron chi connectivity index (χ0n) is 16.6. The van der Waals surface area contributed by atoms with Crippen LogP contribution >= 0.6 is 0 Å². The fourth-order valence-corrected chi connectivity index (χ4v) is 4.62. The molecule has 2 saturated heterocycles. The number of rotatable bonds is 10. The van der Waals surface area contributed by atoms with E-state index in [1.165, 1.54) is 45.2 Å². The monoisotopic (exact) mass is 378 g/mol. The van der Waals surface area contributed by atoms with Gasteiger partial charge in [-0.25, -0.2) is 4.68 Å². The molecule has 2 atom stereocenters. The second-order valence-corrected chi connectivity index (χ2v) is 7.86. The third-order valence-corrected chi connectivity index (χ3v) is 5.98. The molecular formula is C19H34N6O2. The molecule has 152 valence electrons. The Morgan fingerprint density at radius 3 is 2.93 bits per heavy atom. The quantitative estimate of drug-likeness (QED) is 0.576. The molecule has 2 fully saturated rings. The minimum absolute atomic E-state index is 0.257. The lowest BCUT2D eigenvalue weighted by Crippen LogP contribution is -2.51. The van der Waals surface area contributed by atoms with Gasteiger partial charge in [-0.2, -0.15) is 0 Å². The predicted molar refractivity (Wildman–Crippen MR) is 102 cm³/mol. The average molecular weight is 379 g/mol. The molecule has 2 unspecified atom stereocenters. The Morgan fingerprint density at radius 1 is 1.22 bits per heavy atom. The molecule has 3 heterocycles. The lowest BCUT2D eigenvalue weighted by molar-refractivity contribution is -0.133. The molecule has 8 nitrogen and oxygen atoms in total. The molecule has 3 rings (SSSR count). The third-order valence-electron chi connectivity index (χ3n) is 5.98. The average Bonchev–Trinajstić information content (AvgIpc) is 3.21. The first-order valence-electron chi connectivity index (χ1n) is 10.5. The minimum Gasteiger partial charge on any atom is -0.385 e. The number of methoxy groups -OCH3 is 1. The van der Waals surface area contributed by atoms with Gasteiger partial charge in [0.15, 0.2) is 0 Å². The number of carbonyl (C=O) groups is 1. The zero-order chi connectivity index (χ0) is 18.9. The SMILES string of the molecule is COCCCN(CC1CCCN2CCCCC12)C(=O)CCCn1cnnn1. The standard InChI is InChI=1S/C19H34N6O2/c1-27-14-6-12-24(19(26)9-5-13-25-16-20-21-22-25)15-17-7-4-11-23-10-3-2-8-18(17)23/h16-18H,2-15H2,1H3. The van der Waals surface area contributed by atoms with Crippen molar-refractivity contribution in [2.75, 3.05) is 39.9 Å². The zero-order valence-corrected chi connectivity index (χ0v) is 16.6. The van der Waals surface area contributed by atoms with Crippen molar-refractivity contribution in [2.24, 2.45) is 5.92 Å². The predicted octanol–water partition coefficient (Wildman–Crippen LogP) is 1.58. The van der Waals surface area contributed by atoms with Gasteiger partial charge in [-0.3, -0.25) is 4.79 Å². The van der Waals surface area contributed by atoms with E-state index < -0.39 is 0 Å². The highest BCUT2D eigenvalue weighted by Crippen LogP contribution is 2.31. The van der Waals surface area contributed by atoms with Crippen LogP contribution in [0.4, 0.5) is 0 Å². The van der Waals surface area contributed by atoms with Gasteiger partial charge in [-0.1, -0.05) is 6.42 Å². The van der Waals surface area contributed by atoms with Crippen molar-refractivity contribution in [1.29, 1.82) is 0 Å². The molecule has 1 amide bonds. The number of tetrazole rings is 1. The van der Waals surface area contributed by atoms with E-state index >= 15 is 0 Å². The van der Waals surface area contributed by atoms with Crippen LogP contribution in [0.1, 0.15) is 51.4 Å². The second kappa shape index (κ2) is 10.7. The number of piperidine rings is 2. The number of nitrogens with zero attached hydrogens (tertiary/aromatic N) is 6. The van der Waals surface area contributed by atoms with Crippen LogP contribution in [-0.4, -0.2) is 81.9 Å². The maximum atomic E-state index is 12.9. The number of ether oxygens (including phenoxy) is 1. The Kier molecular flexibility index (Phi) is 8.01. The molecule has 2 aliphatic rings. The Balaban J connectivity index is 1.53. The van der Waals surface area contributed by atoms with E-state index in [4.69, 9.17) is 4.74 Å². The fraction of sp³-hybridized carbons (Fsp3) is 0.895. The van der Waals surface area contributed by atoms with Gasteiger partial charge < -0.3 is 14.5 Å². The number of hydrogen-bond donors (Lipinski definition) is 0. The fourth-order valence-electron chi connectivity index (χ4n) is 4.62. The van der Waals surface area contributed by atoms with Crippen molar-refractivity contribution >= 4 is 5.91 Å². The summed E-state index contributed by atoms with van der Waals surface area (Å²) in [6, 6.07) is 0.673. The Morgan fingerprint density at radius 2 is 2.11 bits per heavy atom. The summed E-state index contributed by atoms with van der Waals surface area (Å²) in [6.45, 7) is 5.56. The van der Waals surface area contributed by atoms with Gasteiger partial charge in [0.1, 0.15) is 6.33 Å². The summed E-state index contributed by atoms with van der Waals surface area (Å²) in [5.41, 5.74) is 0. The number of aryl methyl sites for hydroxylation is 1. The van der Waals surface area contributed by atoms with Gasteiger partial charge >= 0.3 is 0 Å². The highest BCUT2D eigenvalue weighted by molar-refractivity contribution is 5.76. The first kappa shape index (κ1) is 20.2. The molecule has 0 N–H and O–H groups in total. The van der Waals surface area contributed by atoms with E-state index in [0.29, 0.717) is 31.5 Å². The maximum absolute atomic E-state index is 12.9. The summed E-state index contributed by atoms with van der Waals surface area (Å²) in [7, 11) is 1.72. The van der Waals surface area contributed by atoms with Crippen LogP contribution in [-0.2, 0) is 16.1 Å². The minimum atomic E-state index is 0.257. The van der Waals surface area contributed by atoms with Crippen LogP contribution in [0.2, 0.25) is 0 Å². The summed E-state index contributed by atoms with van der Waals surface area (Å²) in [6.07, 6.45) is 10.3. The highest BCUT2D eigenvalue weighted by atomic mass is 16.5. The molecule has 0 saturated carbocycles. The summed E-state index contributed by atoms with van der Waals surface area (Å²) < 4.78 is 6.89. The number of carbonyl (C=O) groups excluding carboxylic acids is 1. The van der Waals surface area contributed by atoms with Crippen molar-refractivity contribution in [2.45, 2.75) is 64.0 Å². The highest BCUT2D eigenvalue weighted by Gasteiger charge is 2.34. The molecule has 1 aromatic rings.